The van der Waals surface area contributed by atoms with E-state index in [1.807, 2.05) is 4.90 Å². The lowest BCUT2D eigenvalue weighted by molar-refractivity contribution is -0.146. The maximum atomic E-state index is 11.3. The number of aliphatic carboxylic acids is 1. The molecule has 2 atom stereocenters. The lowest BCUT2D eigenvalue weighted by Crippen LogP contribution is -2.55. The van der Waals surface area contributed by atoms with Crippen LogP contribution in [0.25, 0.3) is 0 Å². The summed E-state index contributed by atoms with van der Waals surface area (Å²) in [5, 5.41) is 12.5. The number of ether oxygens (including phenoxy) is 1. The number of carboxylic acids is 1. The van der Waals surface area contributed by atoms with Crippen molar-refractivity contribution in [3.8, 4) is 0 Å². The second-order valence-electron chi connectivity index (χ2n) is 4.13. The molecule has 2 rings (SSSR count). The number of carboxylic acid groups (broad SMARTS) is 1. The minimum absolute atomic E-state index is 0.112. The third kappa shape index (κ3) is 2.48. The van der Waals surface area contributed by atoms with Gasteiger partial charge in [-0.3, -0.25) is 9.69 Å². The van der Waals surface area contributed by atoms with Crippen LogP contribution in [-0.4, -0.2) is 60.9 Å². The van der Waals surface area contributed by atoms with Crippen molar-refractivity contribution in [3.63, 3.8) is 0 Å². The van der Waals surface area contributed by atoms with Crippen LogP contribution in [0, 0.1) is 0 Å². The molecule has 2 N–H and O–H groups in total. The third-order valence-corrected chi connectivity index (χ3v) is 3.17. The van der Waals surface area contributed by atoms with Crippen LogP contribution in [0.3, 0.4) is 0 Å². The molecule has 2 heterocycles. The van der Waals surface area contributed by atoms with Crippen LogP contribution in [0.5, 0.6) is 0 Å². The van der Waals surface area contributed by atoms with Crippen molar-refractivity contribution in [1.29, 1.82) is 0 Å². The van der Waals surface area contributed by atoms with Crippen LogP contribution in [0.15, 0.2) is 0 Å². The number of hydrogen-bond acceptors (Lipinski definition) is 4. The van der Waals surface area contributed by atoms with Gasteiger partial charge < -0.3 is 15.2 Å². The Labute approximate surface area is 89.4 Å². The maximum Gasteiger partial charge on any atom is 0.322 e. The lowest BCUT2D eigenvalue weighted by atomic mass is 10.0. The summed E-state index contributed by atoms with van der Waals surface area (Å²) in [5.41, 5.74) is 0. The van der Waals surface area contributed by atoms with Crippen LogP contribution in [-0.2, 0) is 9.53 Å². The van der Waals surface area contributed by atoms with Gasteiger partial charge in [-0.25, -0.2) is 0 Å². The van der Waals surface area contributed by atoms with E-state index in [9.17, 15) is 9.90 Å². The van der Waals surface area contributed by atoms with Crippen LogP contribution < -0.4 is 5.32 Å². The van der Waals surface area contributed by atoms with E-state index < -0.39 is 5.97 Å². The average molecular weight is 214 g/mol. The number of hydrogen-bond donors (Lipinski definition) is 2. The number of morpholine rings is 1. The fourth-order valence-electron chi connectivity index (χ4n) is 2.42. The van der Waals surface area contributed by atoms with Gasteiger partial charge in [0, 0.05) is 19.1 Å². The maximum absolute atomic E-state index is 11.3. The molecule has 15 heavy (non-hydrogen) atoms. The molecule has 86 valence electrons. The summed E-state index contributed by atoms with van der Waals surface area (Å²) >= 11 is 0. The van der Waals surface area contributed by atoms with Crippen LogP contribution in [0.4, 0.5) is 0 Å². The van der Waals surface area contributed by atoms with Gasteiger partial charge in [-0.15, -0.1) is 0 Å². The van der Waals surface area contributed by atoms with E-state index >= 15 is 0 Å². The van der Waals surface area contributed by atoms with Gasteiger partial charge in [0.1, 0.15) is 6.04 Å². The van der Waals surface area contributed by atoms with E-state index in [-0.39, 0.29) is 12.1 Å². The topological polar surface area (TPSA) is 61.8 Å². The summed E-state index contributed by atoms with van der Waals surface area (Å²) in [6.07, 6.45) is 2.05. The predicted octanol–water partition coefficient (Wildman–Crippen LogP) is -0.476. The minimum atomic E-state index is -0.712. The SMILES string of the molecule is O=C(O)C(C1CCCN1)N1CCOCC1. The van der Waals surface area contributed by atoms with E-state index in [4.69, 9.17) is 4.74 Å². The second kappa shape index (κ2) is 4.92. The van der Waals surface area contributed by atoms with Crippen molar-refractivity contribution in [2.24, 2.45) is 0 Å². The van der Waals surface area contributed by atoms with Gasteiger partial charge in [-0.1, -0.05) is 0 Å². The minimum Gasteiger partial charge on any atom is -0.480 e. The molecule has 2 aliphatic heterocycles. The first-order valence-electron chi connectivity index (χ1n) is 5.57. The van der Waals surface area contributed by atoms with Crippen molar-refractivity contribution in [3.05, 3.63) is 0 Å². The van der Waals surface area contributed by atoms with Crippen molar-refractivity contribution in [2.75, 3.05) is 32.8 Å². The monoisotopic (exact) mass is 214 g/mol. The van der Waals surface area contributed by atoms with Gasteiger partial charge in [0.2, 0.25) is 0 Å². The van der Waals surface area contributed by atoms with E-state index in [1.165, 1.54) is 0 Å². The molecule has 2 saturated heterocycles. The Hall–Kier alpha value is -0.650. The zero-order chi connectivity index (χ0) is 10.7. The van der Waals surface area contributed by atoms with Gasteiger partial charge in [0.05, 0.1) is 13.2 Å². The first-order chi connectivity index (χ1) is 7.29. The summed E-state index contributed by atoms with van der Waals surface area (Å²) in [6.45, 7) is 3.70. The van der Waals surface area contributed by atoms with E-state index in [0.717, 1.165) is 32.5 Å². The third-order valence-electron chi connectivity index (χ3n) is 3.17. The molecule has 0 aliphatic carbocycles. The molecule has 0 radical (unpaired) electrons. The first kappa shape index (κ1) is 10.9. The molecular formula is C10H18N2O3. The Balaban J connectivity index is 2.00. The number of carbonyl (C=O) groups is 1. The second-order valence-corrected chi connectivity index (χ2v) is 4.13. The first-order valence-corrected chi connectivity index (χ1v) is 5.57. The molecule has 5 nitrogen and oxygen atoms in total. The molecular weight excluding hydrogens is 196 g/mol. The normalized spacial score (nSPS) is 30.3. The van der Waals surface area contributed by atoms with Crippen molar-refractivity contribution in [1.82, 2.24) is 10.2 Å². The van der Waals surface area contributed by atoms with Crippen LogP contribution >= 0.6 is 0 Å². The van der Waals surface area contributed by atoms with Crippen molar-refractivity contribution in [2.45, 2.75) is 24.9 Å². The largest absolute Gasteiger partial charge is 0.480 e. The van der Waals surface area contributed by atoms with Crippen LogP contribution in [0.2, 0.25) is 0 Å². The highest BCUT2D eigenvalue weighted by atomic mass is 16.5. The van der Waals surface area contributed by atoms with Gasteiger partial charge >= 0.3 is 5.97 Å². The number of nitrogens with one attached hydrogen (secondary N) is 1. The summed E-state index contributed by atoms with van der Waals surface area (Å²) < 4.78 is 5.24. The van der Waals surface area contributed by atoms with Gasteiger partial charge in [0.15, 0.2) is 0 Å². The number of rotatable bonds is 3. The Morgan fingerprint density at radius 2 is 2.20 bits per heavy atom. The highest BCUT2D eigenvalue weighted by Crippen LogP contribution is 2.16. The molecule has 0 aromatic carbocycles. The smallest absolute Gasteiger partial charge is 0.322 e. The van der Waals surface area contributed by atoms with Gasteiger partial charge in [0.25, 0.3) is 0 Å². The molecule has 5 heteroatoms. The summed E-state index contributed by atoms with van der Waals surface area (Å²) in [6, 6.07) is -0.267. The Morgan fingerprint density at radius 3 is 2.73 bits per heavy atom. The Morgan fingerprint density at radius 1 is 1.47 bits per heavy atom. The average Bonchev–Trinajstić information content (AvgIpc) is 2.72. The Bertz CT molecular complexity index is 223. The molecule has 0 saturated carbocycles. The fourth-order valence-corrected chi connectivity index (χ4v) is 2.42. The quantitative estimate of drug-likeness (QED) is 0.664. The molecule has 0 amide bonds. The van der Waals surface area contributed by atoms with E-state index in [2.05, 4.69) is 5.32 Å². The number of nitrogens with zero attached hydrogens (tertiary/aromatic N) is 1. The zero-order valence-corrected chi connectivity index (χ0v) is 8.82. The molecule has 0 spiro atoms. The van der Waals surface area contributed by atoms with Gasteiger partial charge in [-0.2, -0.15) is 0 Å². The summed E-state index contributed by atoms with van der Waals surface area (Å²) in [5.74, 6) is -0.712. The van der Waals surface area contributed by atoms with E-state index in [1.54, 1.807) is 0 Å². The summed E-state index contributed by atoms with van der Waals surface area (Å²) in [7, 11) is 0. The predicted molar refractivity (Wildman–Crippen MR) is 54.8 cm³/mol. The summed E-state index contributed by atoms with van der Waals surface area (Å²) in [4.78, 5) is 13.3. The lowest BCUT2D eigenvalue weighted by Gasteiger charge is -2.35. The van der Waals surface area contributed by atoms with Crippen LogP contribution in [0.1, 0.15) is 12.8 Å². The molecule has 0 bridgehead atoms. The highest BCUT2D eigenvalue weighted by molar-refractivity contribution is 5.74. The molecule has 2 aliphatic rings. The Kier molecular flexibility index (Phi) is 3.56. The standard InChI is InChI=1S/C10H18N2O3/c13-10(14)9(8-2-1-3-11-8)12-4-6-15-7-5-12/h8-9,11H,1-7H2,(H,13,14). The van der Waals surface area contributed by atoms with Crippen molar-refractivity contribution >= 4 is 5.97 Å². The van der Waals surface area contributed by atoms with Gasteiger partial charge in [-0.05, 0) is 19.4 Å². The molecule has 2 unspecified atom stereocenters. The zero-order valence-electron chi connectivity index (χ0n) is 8.82. The highest BCUT2D eigenvalue weighted by Gasteiger charge is 2.35. The molecule has 2 fully saturated rings. The molecule has 0 aromatic rings. The molecule has 0 aromatic heterocycles. The van der Waals surface area contributed by atoms with E-state index in [0.29, 0.717) is 13.2 Å². The van der Waals surface area contributed by atoms with Crippen molar-refractivity contribution < 1.29 is 14.6 Å². The fraction of sp³-hybridized carbons (Fsp3) is 0.900.